The zero-order valence-corrected chi connectivity index (χ0v) is 15.3. The molecule has 4 nitrogen and oxygen atoms in total. The molecular weight excluding hydrogens is 318 g/mol. The third-order valence-corrected chi connectivity index (χ3v) is 5.49. The molecule has 128 valence electrons. The number of amides is 1. The summed E-state index contributed by atoms with van der Waals surface area (Å²) in [5, 5.41) is 0.846. The highest BCUT2D eigenvalue weighted by molar-refractivity contribution is 7.98. The molecule has 0 spiro atoms. The van der Waals surface area contributed by atoms with E-state index in [-0.39, 0.29) is 5.91 Å². The maximum atomic E-state index is 13.1. The van der Waals surface area contributed by atoms with Crippen LogP contribution in [0, 0.1) is 0 Å². The number of carbonyl (C=O) groups excluding carboxylic acids is 1. The molecule has 0 N–H and O–H groups in total. The molecule has 5 heteroatoms. The molecular formula is C19H25N3OS. The standard InChI is InChI=1S/C19H25N3OS/c1-21(15-10-6-3-4-7-11-15)18(23)17-14-20-19(24-2)22(17)16-12-8-5-9-13-16/h5,8-9,12-15H,3-4,6-7,10-11H2,1-2H3. The van der Waals surface area contributed by atoms with Crippen LogP contribution in [0.3, 0.4) is 0 Å². The Hall–Kier alpha value is -1.75. The van der Waals surface area contributed by atoms with Gasteiger partial charge in [-0.3, -0.25) is 9.36 Å². The van der Waals surface area contributed by atoms with E-state index in [0.29, 0.717) is 11.7 Å². The predicted octanol–water partition coefficient (Wildman–Crippen LogP) is 4.39. The Morgan fingerprint density at radius 2 is 1.83 bits per heavy atom. The Morgan fingerprint density at radius 3 is 2.46 bits per heavy atom. The summed E-state index contributed by atoms with van der Waals surface area (Å²) in [4.78, 5) is 19.5. The molecule has 0 saturated heterocycles. The Bertz CT molecular complexity index is 675. The van der Waals surface area contributed by atoms with Crippen molar-refractivity contribution < 1.29 is 4.79 Å². The summed E-state index contributed by atoms with van der Waals surface area (Å²) in [6, 6.07) is 10.3. The second-order valence-corrected chi connectivity index (χ2v) is 7.14. The molecule has 1 saturated carbocycles. The molecule has 1 aromatic heterocycles. The topological polar surface area (TPSA) is 38.1 Å². The van der Waals surface area contributed by atoms with E-state index < -0.39 is 0 Å². The van der Waals surface area contributed by atoms with Crippen molar-refractivity contribution >= 4 is 17.7 Å². The third-order valence-electron chi connectivity index (χ3n) is 4.84. The molecule has 1 amide bonds. The minimum atomic E-state index is 0.0681. The molecule has 3 rings (SSSR count). The largest absolute Gasteiger partial charge is 0.337 e. The van der Waals surface area contributed by atoms with Gasteiger partial charge in [-0.25, -0.2) is 4.98 Å². The van der Waals surface area contributed by atoms with Gasteiger partial charge in [0.1, 0.15) is 5.69 Å². The number of hydrogen-bond acceptors (Lipinski definition) is 3. The zero-order valence-electron chi connectivity index (χ0n) is 14.4. The molecule has 1 aromatic carbocycles. The van der Waals surface area contributed by atoms with Crippen LogP contribution < -0.4 is 0 Å². The number of para-hydroxylation sites is 1. The average molecular weight is 343 g/mol. The highest BCUT2D eigenvalue weighted by atomic mass is 32.2. The van der Waals surface area contributed by atoms with Gasteiger partial charge in [0.25, 0.3) is 5.91 Å². The first-order valence-electron chi connectivity index (χ1n) is 8.66. The number of thioether (sulfide) groups is 1. The normalized spacial score (nSPS) is 15.9. The van der Waals surface area contributed by atoms with Crippen molar-refractivity contribution in [3.63, 3.8) is 0 Å². The molecule has 1 aliphatic carbocycles. The Balaban J connectivity index is 1.91. The average Bonchev–Trinajstić information content (AvgIpc) is 2.87. The summed E-state index contributed by atoms with van der Waals surface area (Å²) in [7, 11) is 1.94. The van der Waals surface area contributed by atoms with Crippen molar-refractivity contribution in [3.8, 4) is 5.69 Å². The monoisotopic (exact) mass is 343 g/mol. The smallest absolute Gasteiger partial charge is 0.272 e. The first kappa shape index (κ1) is 17.1. The lowest BCUT2D eigenvalue weighted by atomic mass is 10.1. The second kappa shape index (κ2) is 7.88. The summed E-state index contributed by atoms with van der Waals surface area (Å²) in [6.45, 7) is 0. The summed E-state index contributed by atoms with van der Waals surface area (Å²) in [5.74, 6) is 0.0681. The zero-order chi connectivity index (χ0) is 16.9. The van der Waals surface area contributed by atoms with E-state index in [1.165, 1.54) is 25.7 Å². The van der Waals surface area contributed by atoms with E-state index in [9.17, 15) is 4.79 Å². The van der Waals surface area contributed by atoms with Crippen LogP contribution in [0.1, 0.15) is 49.0 Å². The van der Waals surface area contributed by atoms with Gasteiger partial charge in [-0.15, -0.1) is 0 Å². The predicted molar refractivity (Wildman–Crippen MR) is 98.9 cm³/mol. The Kier molecular flexibility index (Phi) is 5.61. The fourth-order valence-corrected chi connectivity index (χ4v) is 3.99. The number of aromatic nitrogens is 2. The van der Waals surface area contributed by atoms with Crippen LogP contribution >= 0.6 is 11.8 Å². The van der Waals surface area contributed by atoms with Crippen LogP contribution in [0.5, 0.6) is 0 Å². The number of benzene rings is 1. The van der Waals surface area contributed by atoms with Crippen LogP contribution in [0.25, 0.3) is 5.69 Å². The highest BCUT2D eigenvalue weighted by Gasteiger charge is 2.26. The molecule has 0 atom stereocenters. The van der Waals surface area contributed by atoms with Gasteiger partial charge in [0.2, 0.25) is 0 Å². The molecule has 1 heterocycles. The second-order valence-electron chi connectivity index (χ2n) is 6.36. The first-order chi connectivity index (χ1) is 11.7. The van der Waals surface area contributed by atoms with Gasteiger partial charge in [0, 0.05) is 18.8 Å². The van der Waals surface area contributed by atoms with Crippen molar-refractivity contribution in [2.24, 2.45) is 0 Å². The molecule has 1 aliphatic rings. The molecule has 24 heavy (non-hydrogen) atoms. The SMILES string of the molecule is CSc1ncc(C(=O)N(C)C2CCCCCC2)n1-c1ccccc1. The van der Waals surface area contributed by atoms with Crippen LogP contribution in [0.4, 0.5) is 0 Å². The van der Waals surface area contributed by atoms with Crippen molar-refractivity contribution in [1.82, 2.24) is 14.5 Å². The van der Waals surface area contributed by atoms with Gasteiger partial charge in [0.05, 0.1) is 6.20 Å². The third kappa shape index (κ3) is 3.51. The Morgan fingerprint density at radius 1 is 1.17 bits per heavy atom. The van der Waals surface area contributed by atoms with Gasteiger partial charge in [-0.05, 0) is 31.2 Å². The van der Waals surface area contributed by atoms with Crippen LogP contribution in [-0.4, -0.2) is 39.7 Å². The van der Waals surface area contributed by atoms with Gasteiger partial charge in [-0.2, -0.15) is 0 Å². The minimum Gasteiger partial charge on any atom is -0.337 e. The summed E-state index contributed by atoms with van der Waals surface area (Å²) in [6.07, 6.45) is 10.9. The number of carbonyl (C=O) groups is 1. The molecule has 0 radical (unpaired) electrons. The molecule has 0 aliphatic heterocycles. The summed E-state index contributed by atoms with van der Waals surface area (Å²) >= 11 is 1.56. The maximum absolute atomic E-state index is 13.1. The van der Waals surface area contributed by atoms with E-state index >= 15 is 0 Å². The van der Waals surface area contributed by atoms with E-state index in [2.05, 4.69) is 4.98 Å². The van der Waals surface area contributed by atoms with E-state index in [1.54, 1.807) is 18.0 Å². The van der Waals surface area contributed by atoms with Crippen molar-refractivity contribution in [2.45, 2.75) is 49.7 Å². The van der Waals surface area contributed by atoms with Crippen molar-refractivity contribution in [2.75, 3.05) is 13.3 Å². The van der Waals surface area contributed by atoms with Gasteiger partial charge < -0.3 is 4.90 Å². The van der Waals surface area contributed by atoms with Crippen molar-refractivity contribution in [1.29, 1.82) is 0 Å². The van der Waals surface area contributed by atoms with E-state index in [0.717, 1.165) is 23.7 Å². The van der Waals surface area contributed by atoms with Gasteiger partial charge in [-0.1, -0.05) is 55.6 Å². The number of hydrogen-bond donors (Lipinski definition) is 0. The van der Waals surface area contributed by atoms with Crippen LogP contribution in [0.15, 0.2) is 41.7 Å². The summed E-state index contributed by atoms with van der Waals surface area (Å²) < 4.78 is 1.97. The van der Waals surface area contributed by atoms with E-state index in [1.807, 2.05) is 53.1 Å². The Labute approximate surface area is 148 Å². The highest BCUT2D eigenvalue weighted by Crippen LogP contribution is 2.25. The molecule has 0 bridgehead atoms. The number of rotatable bonds is 4. The summed E-state index contributed by atoms with van der Waals surface area (Å²) in [5.41, 5.74) is 1.63. The first-order valence-corrected chi connectivity index (χ1v) is 9.89. The lowest BCUT2D eigenvalue weighted by Gasteiger charge is -2.27. The fourth-order valence-electron chi connectivity index (χ4n) is 3.45. The molecule has 2 aromatic rings. The quantitative estimate of drug-likeness (QED) is 0.610. The van der Waals surface area contributed by atoms with E-state index in [4.69, 9.17) is 0 Å². The number of imidazole rings is 1. The minimum absolute atomic E-state index is 0.0681. The van der Waals surface area contributed by atoms with Crippen LogP contribution in [0.2, 0.25) is 0 Å². The number of nitrogens with zero attached hydrogens (tertiary/aromatic N) is 3. The molecule has 1 fully saturated rings. The molecule has 0 unspecified atom stereocenters. The lowest BCUT2D eigenvalue weighted by Crippen LogP contribution is -2.37. The van der Waals surface area contributed by atoms with Gasteiger partial charge >= 0.3 is 0 Å². The fraction of sp³-hybridized carbons (Fsp3) is 0.474. The lowest BCUT2D eigenvalue weighted by molar-refractivity contribution is 0.0709. The van der Waals surface area contributed by atoms with Crippen LogP contribution in [-0.2, 0) is 0 Å². The van der Waals surface area contributed by atoms with Gasteiger partial charge in [0.15, 0.2) is 5.16 Å². The maximum Gasteiger partial charge on any atom is 0.272 e. The van der Waals surface area contributed by atoms with Crippen molar-refractivity contribution in [3.05, 3.63) is 42.2 Å².